The third kappa shape index (κ3) is 4.30. The SMILES string of the molecule is CCC(CC)(CN)NC(=O)c1nc(C)n(-c2n[nH]c(C(F)(F)F)n2)n1.Cl. The van der Waals surface area contributed by atoms with Crippen LogP contribution in [0.4, 0.5) is 13.2 Å². The van der Waals surface area contributed by atoms with Crippen LogP contribution in [0.25, 0.3) is 5.95 Å². The van der Waals surface area contributed by atoms with Crippen LogP contribution in [0.1, 0.15) is 49.0 Å². The lowest BCUT2D eigenvalue weighted by atomic mass is 9.93. The molecule has 0 spiro atoms. The lowest BCUT2D eigenvalue weighted by Crippen LogP contribution is -2.53. The van der Waals surface area contributed by atoms with Gasteiger partial charge in [0.15, 0.2) is 0 Å². The zero-order chi connectivity index (χ0) is 18.8. The summed E-state index contributed by atoms with van der Waals surface area (Å²) in [6, 6.07) is 0. The standard InChI is InChI=1S/C13H19F3N8O.ClH/c1-4-12(5-2,6-17)20-9(25)8-18-7(3)24(23-8)11-19-10(21-22-11)13(14,15)16;/h4-6,17H2,1-3H3,(H,20,25)(H,19,21,22);1H. The first-order valence-electron chi connectivity index (χ1n) is 7.62. The molecule has 1 amide bonds. The zero-order valence-electron chi connectivity index (χ0n) is 14.4. The van der Waals surface area contributed by atoms with Gasteiger partial charge in [-0.15, -0.1) is 22.6 Å². The lowest BCUT2D eigenvalue weighted by molar-refractivity contribution is -0.144. The van der Waals surface area contributed by atoms with Gasteiger partial charge in [0.2, 0.25) is 11.6 Å². The van der Waals surface area contributed by atoms with Crippen LogP contribution < -0.4 is 11.1 Å². The molecule has 2 rings (SSSR count). The third-order valence-corrected chi connectivity index (χ3v) is 4.03. The Hall–Kier alpha value is -2.21. The van der Waals surface area contributed by atoms with Gasteiger partial charge in [0, 0.05) is 6.54 Å². The summed E-state index contributed by atoms with van der Waals surface area (Å²) in [5.74, 6) is -2.21. The van der Waals surface area contributed by atoms with Crippen LogP contribution in [-0.2, 0) is 6.18 Å². The average Bonchev–Trinajstić information content (AvgIpc) is 3.18. The number of halogens is 4. The largest absolute Gasteiger partial charge is 0.451 e. The fourth-order valence-electron chi connectivity index (χ4n) is 2.21. The van der Waals surface area contributed by atoms with Crippen molar-refractivity contribution in [3.8, 4) is 5.95 Å². The van der Waals surface area contributed by atoms with Gasteiger partial charge in [-0.05, 0) is 19.8 Å². The van der Waals surface area contributed by atoms with Crippen LogP contribution in [0.5, 0.6) is 0 Å². The molecule has 0 aliphatic rings. The molecule has 0 bridgehead atoms. The highest BCUT2D eigenvalue weighted by Crippen LogP contribution is 2.26. The second-order valence-electron chi connectivity index (χ2n) is 5.52. The predicted octanol–water partition coefficient (Wildman–Crippen LogP) is 1.38. The molecule has 0 unspecified atom stereocenters. The molecule has 0 aliphatic carbocycles. The smallest absolute Gasteiger partial charge is 0.343 e. The predicted molar refractivity (Wildman–Crippen MR) is 88.1 cm³/mol. The van der Waals surface area contributed by atoms with Gasteiger partial charge in [0.25, 0.3) is 11.9 Å². The van der Waals surface area contributed by atoms with E-state index in [1.807, 2.05) is 13.8 Å². The second kappa shape index (κ2) is 7.99. The average molecular weight is 397 g/mol. The quantitative estimate of drug-likeness (QED) is 0.676. The summed E-state index contributed by atoms with van der Waals surface area (Å²) in [4.78, 5) is 19.7. The van der Waals surface area contributed by atoms with Crippen molar-refractivity contribution in [2.45, 2.75) is 45.3 Å². The molecule has 0 atom stereocenters. The summed E-state index contributed by atoms with van der Waals surface area (Å²) in [6.45, 7) is 5.49. The minimum Gasteiger partial charge on any atom is -0.343 e. The highest BCUT2D eigenvalue weighted by atomic mass is 35.5. The van der Waals surface area contributed by atoms with E-state index >= 15 is 0 Å². The van der Waals surface area contributed by atoms with Crippen LogP contribution in [0.15, 0.2) is 0 Å². The van der Waals surface area contributed by atoms with Gasteiger partial charge in [0.05, 0.1) is 5.54 Å². The molecule has 4 N–H and O–H groups in total. The van der Waals surface area contributed by atoms with Crippen molar-refractivity contribution >= 4 is 18.3 Å². The van der Waals surface area contributed by atoms with Crippen LogP contribution in [-0.4, -0.2) is 47.9 Å². The molecule has 2 heterocycles. The molecule has 13 heteroatoms. The normalized spacial score (nSPS) is 12.0. The molecule has 2 aromatic rings. The van der Waals surface area contributed by atoms with Crippen LogP contribution in [0.3, 0.4) is 0 Å². The lowest BCUT2D eigenvalue weighted by Gasteiger charge is -2.30. The molecule has 0 fully saturated rings. The number of amides is 1. The number of carbonyl (C=O) groups excluding carboxylic acids is 1. The van der Waals surface area contributed by atoms with Crippen LogP contribution >= 0.6 is 12.4 Å². The summed E-state index contributed by atoms with van der Waals surface area (Å²) >= 11 is 0. The number of nitrogens with two attached hydrogens (primary N) is 1. The molecule has 146 valence electrons. The van der Waals surface area contributed by atoms with Crippen molar-refractivity contribution in [2.24, 2.45) is 5.73 Å². The maximum atomic E-state index is 12.6. The Kier molecular flexibility index (Phi) is 6.71. The maximum absolute atomic E-state index is 12.6. The first kappa shape index (κ1) is 21.8. The minimum atomic E-state index is -4.66. The van der Waals surface area contributed by atoms with E-state index < -0.39 is 23.4 Å². The molecular formula is C13H20ClF3N8O. The van der Waals surface area contributed by atoms with Crippen LogP contribution in [0.2, 0.25) is 0 Å². The topological polar surface area (TPSA) is 127 Å². The summed E-state index contributed by atoms with van der Waals surface area (Å²) in [5.41, 5.74) is 5.14. The van der Waals surface area contributed by atoms with Crippen LogP contribution in [0, 0.1) is 6.92 Å². The number of alkyl halides is 3. The Morgan fingerprint density at radius 1 is 1.27 bits per heavy atom. The number of rotatable bonds is 6. The number of hydrogen-bond donors (Lipinski definition) is 3. The van der Waals surface area contributed by atoms with E-state index in [1.165, 1.54) is 6.92 Å². The molecule has 0 saturated carbocycles. The van der Waals surface area contributed by atoms with Gasteiger partial charge in [-0.3, -0.25) is 9.89 Å². The molecule has 0 aliphatic heterocycles. The van der Waals surface area contributed by atoms with Crippen molar-refractivity contribution < 1.29 is 18.0 Å². The number of aromatic amines is 1. The molecule has 0 saturated heterocycles. The van der Waals surface area contributed by atoms with Gasteiger partial charge in [-0.25, -0.2) is 4.98 Å². The number of aromatic nitrogens is 6. The molecule has 0 radical (unpaired) electrons. The molecule has 26 heavy (non-hydrogen) atoms. The van der Waals surface area contributed by atoms with E-state index in [1.54, 1.807) is 5.10 Å². The summed E-state index contributed by atoms with van der Waals surface area (Å²) in [5, 5.41) is 11.9. The van der Waals surface area contributed by atoms with E-state index in [4.69, 9.17) is 5.73 Å². The van der Waals surface area contributed by atoms with Gasteiger partial charge >= 0.3 is 6.18 Å². The Balaban J connectivity index is 0.00000338. The number of nitrogens with one attached hydrogen (secondary N) is 2. The number of nitrogens with zero attached hydrogens (tertiary/aromatic N) is 5. The van der Waals surface area contributed by atoms with Gasteiger partial charge in [-0.1, -0.05) is 13.8 Å². The van der Waals surface area contributed by atoms with Gasteiger partial charge in [0.1, 0.15) is 5.82 Å². The molecule has 0 aromatic carbocycles. The van der Waals surface area contributed by atoms with Crippen molar-refractivity contribution in [2.75, 3.05) is 6.54 Å². The number of hydrogen-bond acceptors (Lipinski definition) is 6. The van der Waals surface area contributed by atoms with Crippen molar-refractivity contribution in [1.82, 2.24) is 35.3 Å². The Morgan fingerprint density at radius 3 is 2.35 bits per heavy atom. The Bertz CT molecular complexity index is 745. The zero-order valence-corrected chi connectivity index (χ0v) is 15.2. The Labute approximate surface area is 153 Å². The van der Waals surface area contributed by atoms with Gasteiger partial charge in [-0.2, -0.15) is 22.8 Å². The number of H-pyrrole nitrogens is 1. The first-order chi connectivity index (χ1) is 11.7. The van der Waals surface area contributed by atoms with Crippen molar-refractivity contribution in [1.29, 1.82) is 0 Å². The monoisotopic (exact) mass is 396 g/mol. The van der Waals surface area contributed by atoms with Gasteiger partial charge < -0.3 is 11.1 Å². The highest BCUT2D eigenvalue weighted by Gasteiger charge is 2.36. The minimum absolute atomic E-state index is 0. The summed E-state index contributed by atoms with van der Waals surface area (Å²) in [6.07, 6.45) is -3.44. The van der Waals surface area contributed by atoms with Crippen molar-refractivity contribution in [3.05, 3.63) is 17.5 Å². The Morgan fingerprint density at radius 2 is 1.88 bits per heavy atom. The fourth-order valence-corrected chi connectivity index (χ4v) is 2.21. The number of aryl methyl sites for hydroxylation is 1. The fraction of sp³-hybridized carbons (Fsp3) is 0.615. The number of carbonyl (C=O) groups is 1. The third-order valence-electron chi connectivity index (χ3n) is 4.03. The summed E-state index contributed by atoms with van der Waals surface area (Å²) in [7, 11) is 0. The van der Waals surface area contributed by atoms with Crippen molar-refractivity contribution in [3.63, 3.8) is 0 Å². The maximum Gasteiger partial charge on any atom is 0.451 e. The first-order valence-corrected chi connectivity index (χ1v) is 7.62. The molecule has 9 nitrogen and oxygen atoms in total. The van der Waals surface area contributed by atoms with E-state index in [2.05, 4.69) is 25.5 Å². The van der Waals surface area contributed by atoms with E-state index in [9.17, 15) is 18.0 Å². The highest BCUT2D eigenvalue weighted by molar-refractivity contribution is 5.91. The van der Waals surface area contributed by atoms with E-state index in [0.29, 0.717) is 12.8 Å². The summed E-state index contributed by atoms with van der Waals surface area (Å²) < 4.78 is 38.8. The van der Waals surface area contributed by atoms with E-state index in [0.717, 1.165) is 4.68 Å². The van der Waals surface area contributed by atoms with E-state index in [-0.39, 0.29) is 36.5 Å². The second-order valence-corrected chi connectivity index (χ2v) is 5.52. The molecule has 2 aromatic heterocycles. The molecular weight excluding hydrogens is 377 g/mol.